The van der Waals surface area contributed by atoms with Gasteiger partial charge in [0.1, 0.15) is 0 Å². The maximum atomic E-state index is 3.83. The summed E-state index contributed by atoms with van der Waals surface area (Å²) in [7, 11) is 0. The third kappa shape index (κ3) is 1.90. The van der Waals surface area contributed by atoms with Crippen LogP contribution in [0.15, 0.2) is 0 Å². The quantitative estimate of drug-likeness (QED) is 0.606. The van der Waals surface area contributed by atoms with Crippen LogP contribution in [0.5, 0.6) is 0 Å². The Morgan fingerprint density at radius 1 is 1.08 bits per heavy atom. The largest absolute Gasteiger partial charge is 0.310 e. The Kier molecular flexibility index (Phi) is 2.39. The van der Waals surface area contributed by atoms with Crippen LogP contribution >= 0.6 is 0 Å². The van der Waals surface area contributed by atoms with Gasteiger partial charge in [0, 0.05) is 12.1 Å². The molecule has 0 bridgehead atoms. The van der Waals surface area contributed by atoms with Gasteiger partial charge in [0.2, 0.25) is 0 Å². The van der Waals surface area contributed by atoms with E-state index in [-0.39, 0.29) is 0 Å². The van der Waals surface area contributed by atoms with Gasteiger partial charge < -0.3 is 5.32 Å². The van der Waals surface area contributed by atoms with Crippen LogP contribution in [0, 0.1) is 11.3 Å². The first-order valence-electron chi connectivity index (χ1n) is 5.83. The Bertz CT molecular complexity index is 166. The van der Waals surface area contributed by atoms with E-state index < -0.39 is 0 Å². The first kappa shape index (κ1) is 9.51. The zero-order valence-electron chi connectivity index (χ0n) is 9.27. The summed E-state index contributed by atoms with van der Waals surface area (Å²) in [6.07, 6.45) is 7.25. The number of hydrogen-bond donors (Lipinski definition) is 1. The van der Waals surface area contributed by atoms with E-state index in [0.717, 1.165) is 18.0 Å². The highest BCUT2D eigenvalue weighted by atomic mass is 15.0. The predicted octanol–water partition coefficient (Wildman–Crippen LogP) is 2.95. The van der Waals surface area contributed by atoms with Crippen molar-refractivity contribution in [2.24, 2.45) is 11.3 Å². The second-order valence-corrected chi connectivity index (χ2v) is 5.97. The lowest BCUT2D eigenvalue weighted by Gasteiger charge is -2.28. The molecule has 1 nitrogen and oxygen atoms in total. The average Bonchev–Trinajstić information content (AvgIpc) is 2.45. The van der Waals surface area contributed by atoms with Crippen LogP contribution < -0.4 is 5.32 Å². The molecule has 2 fully saturated rings. The molecule has 1 saturated carbocycles. The van der Waals surface area contributed by atoms with Crippen molar-refractivity contribution in [3.8, 4) is 0 Å². The summed E-state index contributed by atoms with van der Waals surface area (Å²) in [5, 5.41) is 3.83. The second-order valence-electron chi connectivity index (χ2n) is 5.97. The summed E-state index contributed by atoms with van der Waals surface area (Å²) < 4.78 is 0. The highest BCUT2D eigenvalue weighted by Crippen LogP contribution is 2.38. The van der Waals surface area contributed by atoms with Gasteiger partial charge in [-0.2, -0.15) is 0 Å². The fraction of sp³-hybridized carbons (Fsp3) is 1.00. The van der Waals surface area contributed by atoms with Crippen LogP contribution in [0.2, 0.25) is 0 Å². The van der Waals surface area contributed by atoms with Crippen molar-refractivity contribution in [1.29, 1.82) is 0 Å². The molecular formula is C12H23N. The summed E-state index contributed by atoms with van der Waals surface area (Å²) in [6, 6.07) is 1.62. The molecule has 76 valence electrons. The zero-order valence-corrected chi connectivity index (χ0v) is 9.27. The predicted molar refractivity (Wildman–Crippen MR) is 56.7 cm³/mol. The molecule has 1 aliphatic carbocycles. The van der Waals surface area contributed by atoms with Crippen molar-refractivity contribution in [3.05, 3.63) is 0 Å². The lowest BCUT2D eigenvalue weighted by atomic mass is 9.81. The van der Waals surface area contributed by atoms with Crippen molar-refractivity contribution in [3.63, 3.8) is 0 Å². The zero-order chi connectivity index (χ0) is 9.47. The fourth-order valence-corrected chi connectivity index (χ4v) is 2.94. The molecule has 0 aromatic rings. The Hall–Kier alpha value is -0.0400. The number of fused-ring (bicyclic) bond motifs is 1. The smallest absolute Gasteiger partial charge is 0.0121 e. The molecule has 0 amide bonds. The van der Waals surface area contributed by atoms with E-state index in [0.29, 0.717) is 5.41 Å². The van der Waals surface area contributed by atoms with Gasteiger partial charge in [-0.05, 0) is 30.6 Å². The van der Waals surface area contributed by atoms with Crippen molar-refractivity contribution < 1.29 is 0 Å². The molecule has 3 unspecified atom stereocenters. The highest BCUT2D eigenvalue weighted by Gasteiger charge is 2.39. The molecule has 0 spiro atoms. The van der Waals surface area contributed by atoms with Crippen molar-refractivity contribution in [2.45, 2.75) is 65.0 Å². The van der Waals surface area contributed by atoms with E-state index in [1.54, 1.807) is 0 Å². The van der Waals surface area contributed by atoms with Gasteiger partial charge in [-0.1, -0.05) is 33.6 Å². The fourth-order valence-electron chi connectivity index (χ4n) is 2.94. The number of nitrogens with one attached hydrogen (secondary N) is 1. The first-order chi connectivity index (χ1) is 6.07. The van der Waals surface area contributed by atoms with Crippen molar-refractivity contribution >= 4 is 0 Å². The molecule has 1 heteroatoms. The molecule has 1 aliphatic heterocycles. The van der Waals surface area contributed by atoms with Gasteiger partial charge in [-0.15, -0.1) is 0 Å². The number of hydrogen-bond acceptors (Lipinski definition) is 1. The van der Waals surface area contributed by atoms with Crippen LogP contribution in [-0.2, 0) is 0 Å². The first-order valence-corrected chi connectivity index (χ1v) is 5.83. The standard InChI is InChI=1S/C12H23N/c1-12(2,3)11-8-9-6-4-5-7-10(9)13-11/h9-11,13H,4-8H2,1-3H3. The molecule has 0 aromatic carbocycles. The van der Waals surface area contributed by atoms with E-state index in [1.165, 1.54) is 32.1 Å². The van der Waals surface area contributed by atoms with Crippen molar-refractivity contribution in [1.82, 2.24) is 5.32 Å². The Morgan fingerprint density at radius 2 is 1.77 bits per heavy atom. The molecule has 2 rings (SSSR count). The molecule has 0 aromatic heterocycles. The molecular weight excluding hydrogens is 158 g/mol. The van der Waals surface area contributed by atoms with E-state index in [4.69, 9.17) is 0 Å². The van der Waals surface area contributed by atoms with Gasteiger partial charge in [-0.3, -0.25) is 0 Å². The minimum Gasteiger partial charge on any atom is -0.310 e. The van der Waals surface area contributed by atoms with Gasteiger partial charge in [0.15, 0.2) is 0 Å². The average molecular weight is 181 g/mol. The van der Waals surface area contributed by atoms with Gasteiger partial charge in [-0.25, -0.2) is 0 Å². The summed E-state index contributed by atoms with van der Waals surface area (Å²) in [5.74, 6) is 0.998. The van der Waals surface area contributed by atoms with E-state index in [2.05, 4.69) is 26.1 Å². The van der Waals surface area contributed by atoms with Gasteiger partial charge in [0.05, 0.1) is 0 Å². The molecule has 1 N–H and O–H groups in total. The SMILES string of the molecule is CC(C)(C)C1CC2CCCCC2N1. The van der Waals surface area contributed by atoms with E-state index in [9.17, 15) is 0 Å². The molecule has 3 atom stereocenters. The summed E-state index contributed by atoms with van der Waals surface area (Å²) >= 11 is 0. The highest BCUT2D eigenvalue weighted by molar-refractivity contribution is 4.97. The lowest BCUT2D eigenvalue weighted by Crippen LogP contribution is -2.39. The maximum Gasteiger partial charge on any atom is 0.0121 e. The second kappa shape index (κ2) is 3.27. The minimum absolute atomic E-state index is 0.456. The normalized spacial score (nSPS) is 40.4. The molecule has 13 heavy (non-hydrogen) atoms. The number of rotatable bonds is 0. The van der Waals surface area contributed by atoms with Crippen LogP contribution in [0.25, 0.3) is 0 Å². The summed E-state index contributed by atoms with van der Waals surface area (Å²) in [5.41, 5.74) is 0.456. The molecule has 1 heterocycles. The summed E-state index contributed by atoms with van der Waals surface area (Å²) in [6.45, 7) is 7.09. The lowest BCUT2D eigenvalue weighted by molar-refractivity contribution is 0.284. The van der Waals surface area contributed by atoms with Crippen LogP contribution in [0.3, 0.4) is 0 Å². The van der Waals surface area contributed by atoms with Crippen LogP contribution in [0.1, 0.15) is 52.9 Å². The Balaban J connectivity index is 1.99. The minimum atomic E-state index is 0.456. The molecule has 2 aliphatic rings. The summed E-state index contributed by atoms with van der Waals surface area (Å²) in [4.78, 5) is 0. The third-order valence-corrected chi connectivity index (χ3v) is 3.91. The van der Waals surface area contributed by atoms with Gasteiger partial charge >= 0.3 is 0 Å². The maximum absolute atomic E-state index is 3.83. The van der Waals surface area contributed by atoms with E-state index in [1.807, 2.05) is 0 Å². The Labute approximate surface area is 82.3 Å². The van der Waals surface area contributed by atoms with Crippen molar-refractivity contribution in [2.75, 3.05) is 0 Å². The van der Waals surface area contributed by atoms with Crippen LogP contribution in [-0.4, -0.2) is 12.1 Å². The molecule has 0 radical (unpaired) electrons. The van der Waals surface area contributed by atoms with Gasteiger partial charge in [0.25, 0.3) is 0 Å². The topological polar surface area (TPSA) is 12.0 Å². The van der Waals surface area contributed by atoms with Crippen LogP contribution in [0.4, 0.5) is 0 Å². The monoisotopic (exact) mass is 181 g/mol. The Morgan fingerprint density at radius 3 is 2.38 bits per heavy atom. The molecule has 1 saturated heterocycles. The van der Waals surface area contributed by atoms with E-state index >= 15 is 0 Å². The third-order valence-electron chi connectivity index (χ3n) is 3.91.